The summed E-state index contributed by atoms with van der Waals surface area (Å²) in [7, 11) is 3.04. The van der Waals surface area contributed by atoms with Crippen molar-refractivity contribution >= 4 is 23.3 Å². The van der Waals surface area contributed by atoms with Gasteiger partial charge in [0.2, 0.25) is 11.8 Å². The van der Waals surface area contributed by atoms with Crippen molar-refractivity contribution in [3.63, 3.8) is 0 Å². The number of nitrogens with one attached hydrogen (secondary N) is 2. The fraction of sp³-hybridized carbons (Fsp3) is 0.450. The number of hydrogen-bond donors (Lipinski definition) is 2. The predicted octanol–water partition coefficient (Wildman–Crippen LogP) is 2.28. The monoisotopic (exact) mass is 372 g/mol. The van der Waals surface area contributed by atoms with Crippen LogP contribution in [-0.4, -0.2) is 31.8 Å². The lowest BCUT2D eigenvalue weighted by atomic mass is 9.69. The third-order valence-electron chi connectivity index (χ3n) is 4.91. The van der Waals surface area contributed by atoms with Gasteiger partial charge in [0.05, 0.1) is 26.1 Å². The zero-order valence-electron chi connectivity index (χ0n) is 15.9. The molecule has 1 aromatic carbocycles. The van der Waals surface area contributed by atoms with E-state index in [0.29, 0.717) is 29.3 Å². The number of Topliss-reactive ketones (excluding diaryl/α,β-unsaturated/α-hetero) is 1. The molecular weight excluding hydrogens is 348 g/mol. The average Bonchev–Trinajstić information content (AvgIpc) is 2.58. The van der Waals surface area contributed by atoms with E-state index in [-0.39, 0.29) is 29.4 Å². The molecule has 144 valence electrons. The minimum Gasteiger partial charge on any atom is -0.497 e. The molecule has 1 aliphatic carbocycles. The van der Waals surface area contributed by atoms with Crippen LogP contribution in [0.15, 0.2) is 30.0 Å². The SMILES string of the molecule is COc1cc(NC(=O)[C@H]2CC(=O)NC3=CC(C)(C)CC(=O)[C@@H]32)cc(OC)c1. The van der Waals surface area contributed by atoms with Crippen molar-refractivity contribution in [1.82, 2.24) is 5.32 Å². The van der Waals surface area contributed by atoms with E-state index < -0.39 is 11.8 Å². The number of fused-ring (bicyclic) bond motifs is 1. The highest BCUT2D eigenvalue weighted by molar-refractivity contribution is 6.02. The Morgan fingerprint density at radius 1 is 1.15 bits per heavy atom. The highest BCUT2D eigenvalue weighted by Gasteiger charge is 2.45. The van der Waals surface area contributed by atoms with Crippen LogP contribution in [0, 0.1) is 17.3 Å². The van der Waals surface area contributed by atoms with Gasteiger partial charge < -0.3 is 20.1 Å². The summed E-state index contributed by atoms with van der Waals surface area (Å²) in [6, 6.07) is 5.01. The molecule has 1 aliphatic heterocycles. The zero-order valence-corrected chi connectivity index (χ0v) is 15.9. The number of hydrogen-bond acceptors (Lipinski definition) is 5. The van der Waals surface area contributed by atoms with E-state index in [9.17, 15) is 14.4 Å². The maximum Gasteiger partial charge on any atom is 0.229 e. The molecule has 7 heteroatoms. The van der Waals surface area contributed by atoms with Gasteiger partial charge in [0.25, 0.3) is 0 Å². The van der Waals surface area contributed by atoms with E-state index in [2.05, 4.69) is 10.6 Å². The molecule has 2 aliphatic rings. The molecule has 2 amide bonds. The van der Waals surface area contributed by atoms with Crippen molar-refractivity contribution in [3.05, 3.63) is 30.0 Å². The Bertz CT molecular complexity index is 805. The fourth-order valence-electron chi connectivity index (χ4n) is 3.74. The first kappa shape index (κ1) is 18.9. The van der Waals surface area contributed by atoms with E-state index >= 15 is 0 Å². The van der Waals surface area contributed by atoms with Crippen molar-refractivity contribution in [2.45, 2.75) is 26.7 Å². The van der Waals surface area contributed by atoms with Crippen LogP contribution in [-0.2, 0) is 14.4 Å². The highest BCUT2D eigenvalue weighted by atomic mass is 16.5. The van der Waals surface area contributed by atoms with Gasteiger partial charge in [-0.3, -0.25) is 14.4 Å². The number of benzene rings is 1. The summed E-state index contributed by atoms with van der Waals surface area (Å²) in [5.41, 5.74) is 0.682. The molecule has 0 spiro atoms. The largest absolute Gasteiger partial charge is 0.497 e. The first-order valence-electron chi connectivity index (χ1n) is 8.81. The van der Waals surface area contributed by atoms with Gasteiger partial charge in [-0.1, -0.05) is 19.9 Å². The summed E-state index contributed by atoms with van der Waals surface area (Å²) >= 11 is 0. The Balaban J connectivity index is 1.88. The van der Waals surface area contributed by atoms with Gasteiger partial charge in [0.15, 0.2) is 0 Å². The van der Waals surface area contributed by atoms with Gasteiger partial charge in [-0.05, 0) is 5.41 Å². The molecule has 27 heavy (non-hydrogen) atoms. The molecule has 0 saturated carbocycles. The summed E-state index contributed by atoms with van der Waals surface area (Å²) in [5.74, 6) is -0.963. The van der Waals surface area contributed by atoms with Crippen LogP contribution in [0.5, 0.6) is 11.5 Å². The van der Waals surface area contributed by atoms with Crippen molar-refractivity contribution in [2.24, 2.45) is 17.3 Å². The average molecular weight is 372 g/mol. The van der Waals surface area contributed by atoms with Crippen molar-refractivity contribution in [3.8, 4) is 11.5 Å². The minimum absolute atomic E-state index is 0.0267. The predicted molar refractivity (Wildman–Crippen MR) is 99.4 cm³/mol. The lowest BCUT2D eigenvalue weighted by molar-refractivity contribution is -0.136. The normalized spacial score (nSPS) is 23.6. The van der Waals surface area contributed by atoms with Crippen molar-refractivity contribution in [2.75, 3.05) is 19.5 Å². The second kappa shape index (κ2) is 7.06. The van der Waals surface area contributed by atoms with Crippen LogP contribution >= 0.6 is 0 Å². The maximum atomic E-state index is 12.9. The number of amides is 2. The molecule has 0 unspecified atom stereocenters. The van der Waals surface area contributed by atoms with Crippen LogP contribution in [0.3, 0.4) is 0 Å². The lowest BCUT2D eigenvalue weighted by Crippen LogP contribution is -2.49. The zero-order chi connectivity index (χ0) is 19.8. The van der Waals surface area contributed by atoms with Crippen LogP contribution in [0.1, 0.15) is 26.7 Å². The molecule has 2 atom stereocenters. The quantitative estimate of drug-likeness (QED) is 0.846. The van der Waals surface area contributed by atoms with Gasteiger partial charge in [-0.15, -0.1) is 0 Å². The Morgan fingerprint density at radius 2 is 1.78 bits per heavy atom. The van der Waals surface area contributed by atoms with Crippen molar-refractivity contribution < 1.29 is 23.9 Å². The molecule has 0 aromatic heterocycles. The molecular formula is C20H24N2O5. The summed E-state index contributed by atoms with van der Waals surface area (Å²) in [6.45, 7) is 3.87. The number of carbonyl (C=O) groups is 3. The van der Waals surface area contributed by atoms with E-state index in [0.717, 1.165) is 0 Å². The van der Waals surface area contributed by atoms with Crippen LogP contribution in [0.4, 0.5) is 5.69 Å². The Hall–Kier alpha value is -2.83. The molecule has 0 radical (unpaired) electrons. The smallest absolute Gasteiger partial charge is 0.229 e. The summed E-state index contributed by atoms with van der Waals surface area (Å²) in [6.07, 6.45) is 2.21. The summed E-state index contributed by atoms with van der Waals surface area (Å²) in [5, 5.41) is 5.57. The number of methoxy groups -OCH3 is 2. The van der Waals surface area contributed by atoms with Crippen LogP contribution in [0.2, 0.25) is 0 Å². The molecule has 1 saturated heterocycles. The standard InChI is InChI=1S/C20H24N2O5/c1-20(2)9-15-18(16(23)10-20)14(8-17(24)22-15)19(25)21-11-5-12(26-3)7-13(6-11)27-4/h5-7,9,14,18H,8,10H2,1-4H3,(H,21,25)(H,22,24)/t14-,18+/m0/s1. The number of ether oxygens (including phenoxy) is 2. The first-order valence-corrected chi connectivity index (χ1v) is 8.81. The van der Waals surface area contributed by atoms with Gasteiger partial charge in [-0.2, -0.15) is 0 Å². The van der Waals surface area contributed by atoms with Crippen LogP contribution in [0.25, 0.3) is 0 Å². The molecule has 2 N–H and O–H groups in total. The third-order valence-corrected chi connectivity index (χ3v) is 4.91. The van der Waals surface area contributed by atoms with Gasteiger partial charge >= 0.3 is 0 Å². The molecule has 1 aromatic rings. The fourth-order valence-corrected chi connectivity index (χ4v) is 3.74. The summed E-state index contributed by atoms with van der Waals surface area (Å²) in [4.78, 5) is 37.7. The van der Waals surface area contributed by atoms with Crippen LogP contribution < -0.4 is 20.1 Å². The van der Waals surface area contributed by atoms with Gasteiger partial charge in [0, 0.05) is 42.4 Å². The maximum absolute atomic E-state index is 12.9. The lowest BCUT2D eigenvalue weighted by Gasteiger charge is -2.38. The number of ketones is 1. The number of piperidine rings is 1. The molecule has 1 heterocycles. The van der Waals surface area contributed by atoms with Gasteiger partial charge in [-0.25, -0.2) is 0 Å². The first-order chi connectivity index (χ1) is 12.7. The summed E-state index contributed by atoms with van der Waals surface area (Å²) < 4.78 is 10.4. The Labute approximate surface area is 158 Å². The third kappa shape index (κ3) is 3.97. The van der Waals surface area contributed by atoms with E-state index in [4.69, 9.17) is 9.47 Å². The number of carbonyl (C=O) groups excluding carboxylic acids is 3. The number of anilines is 1. The van der Waals surface area contributed by atoms with Gasteiger partial charge in [0.1, 0.15) is 17.3 Å². The number of rotatable bonds is 4. The number of allylic oxidation sites excluding steroid dienone is 2. The highest BCUT2D eigenvalue weighted by Crippen LogP contribution is 2.40. The minimum atomic E-state index is -0.745. The molecule has 7 nitrogen and oxygen atoms in total. The second-order valence-corrected chi connectivity index (χ2v) is 7.66. The topological polar surface area (TPSA) is 93.7 Å². The molecule has 1 fully saturated rings. The van der Waals surface area contributed by atoms with E-state index in [1.165, 1.54) is 14.2 Å². The Kier molecular flexibility index (Phi) is 4.95. The van der Waals surface area contributed by atoms with E-state index in [1.807, 2.05) is 19.9 Å². The van der Waals surface area contributed by atoms with Crippen molar-refractivity contribution in [1.29, 1.82) is 0 Å². The second-order valence-electron chi connectivity index (χ2n) is 7.66. The van der Waals surface area contributed by atoms with E-state index in [1.54, 1.807) is 18.2 Å². The molecule has 0 bridgehead atoms. The Morgan fingerprint density at radius 3 is 2.37 bits per heavy atom. The molecule has 3 rings (SSSR count).